The molecule has 3 rings (SSSR count). The van der Waals surface area contributed by atoms with Gasteiger partial charge in [-0.1, -0.05) is 38.3 Å². The van der Waals surface area contributed by atoms with Crippen molar-refractivity contribution in [1.82, 2.24) is 10.2 Å². The highest BCUT2D eigenvalue weighted by molar-refractivity contribution is 6.31. The average Bonchev–Trinajstić information content (AvgIpc) is 2.67. The summed E-state index contributed by atoms with van der Waals surface area (Å²) in [6.07, 6.45) is 7.25. The second kappa shape index (κ2) is 8.37. The number of barbiturate groups is 1. The van der Waals surface area contributed by atoms with Crippen molar-refractivity contribution in [2.45, 2.75) is 64.5 Å². The first-order valence-corrected chi connectivity index (χ1v) is 9.67. The highest BCUT2D eigenvalue weighted by atomic mass is 16.5. The van der Waals surface area contributed by atoms with Crippen LogP contribution in [0.2, 0.25) is 0 Å². The highest BCUT2D eigenvalue weighted by Crippen LogP contribution is 2.26. The standard InChI is InChI=1S/C21H26N2O4/c1-3-14(2)27-17-11-9-15(10-12-17)13-18-19(24)22-21(26)23(20(18)25)16-7-5-4-6-8-16/h9-14,16H,3-8H2,1-2H3,(H,22,24,26)/b18-13+. The number of imide groups is 2. The lowest BCUT2D eigenvalue weighted by Gasteiger charge is -2.35. The van der Waals surface area contributed by atoms with E-state index >= 15 is 0 Å². The number of carbonyl (C=O) groups excluding carboxylic acids is 3. The van der Waals surface area contributed by atoms with Crippen LogP contribution in [0.25, 0.3) is 6.08 Å². The van der Waals surface area contributed by atoms with Gasteiger partial charge in [0, 0.05) is 6.04 Å². The van der Waals surface area contributed by atoms with Crippen LogP contribution >= 0.6 is 0 Å². The molecule has 1 saturated carbocycles. The molecule has 1 unspecified atom stereocenters. The first kappa shape index (κ1) is 19.1. The van der Waals surface area contributed by atoms with Gasteiger partial charge in [-0.3, -0.25) is 19.8 Å². The maximum atomic E-state index is 12.9. The summed E-state index contributed by atoms with van der Waals surface area (Å²) in [5.41, 5.74) is 0.707. The largest absolute Gasteiger partial charge is 0.491 e. The SMILES string of the molecule is CCC(C)Oc1ccc(/C=C2\C(=O)NC(=O)N(C3CCCCC3)C2=O)cc1. The Morgan fingerprint density at radius 3 is 2.44 bits per heavy atom. The van der Waals surface area contributed by atoms with E-state index in [0.29, 0.717) is 5.56 Å². The van der Waals surface area contributed by atoms with Gasteiger partial charge in [0.05, 0.1) is 6.10 Å². The first-order valence-electron chi connectivity index (χ1n) is 9.67. The molecule has 0 radical (unpaired) electrons. The monoisotopic (exact) mass is 370 g/mol. The van der Waals surface area contributed by atoms with Gasteiger partial charge >= 0.3 is 6.03 Å². The van der Waals surface area contributed by atoms with Gasteiger partial charge in [-0.05, 0) is 50.0 Å². The number of hydrogen-bond donors (Lipinski definition) is 1. The average molecular weight is 370 g/mol. The van der Waals surface area contributed by atoms with E-state index in [4.69, 9.17) is 4.74 Å². The lowest BCUT2D eigenvalue weighted by atomic mass is 9.93. The zero-order valence-electron chi connectivity index (χ0n) is 15.9. The molecule has 2 aliphatic rings. The quantitative estimate of drug-likeness (QED) is 0.634. The van der Waals surface area contributed by atoms with Gasteiger partial charge in [-0.2, -0.15) is 0 Å². The van der Waals surface area contributed by atoms with Gasteiger partial charge in [0.2, 0.25) is 0 Å². The number of carbonyl (C=O) groups is 3. The molecular weight excluding hydrogens is 344 g/mol. The molecule has 1 aliphatic heterocycles. The van der Waals surface area contributed by atoms with Crippen LogP contribution in [0, 0.1) is 0 Å². The molecule has 1 aliphatic carbocycles. The minimum Gasteiger partial charge on any atom is -0.491 e. The number of urea groups is 1. The van der Waals surface area contributed by atoms with Gasteiger partial charge in [0.25, 0.3) is 11.8 Å². The number of benzene rings is 1. The topological polar surface area (TPSA) is 75.7 Å². The van der Waals surface area contributed by atoms with Crippen molar-refractivity contribution in [2.24, 2.45) is 0 Å². The normalized spacial score (nSPS) is 21.3. The maximum Gasteiger partial charge on any atom is 0.331 e. The molecule has 1 atom stereocenters. The van der Waals surface area contributed by atoms with Crippen LogP contribution in [-0.2, 0) is 9.59 Å². The number of nitrogens with one attached hydrogen (secondary N) is 1. The van der Waals surface area contributed by atoms with E-state index in [1.54, 1.807) is 12.1 Å². The van der Waals surface area contributed by atoms with E-state index in [0.717, 1.165) is 44.3 Å². The van der Waals surface area contributed by atoms with Crippen LogP contribution in [0.5, 0.6) is 5.75 Å². The van der Waals surface area contributed by atoms with Gasteiger partial charge in [0.1, 0.15) is 11.3 Å². The molecule has 4 amide bonds. The van der Waals surface area contributed by atoms with Crippen LogP contribution in [0.3, 0.4) is 0 Å². The molecule has 1 aromatic rings. The fourth-order valence-corrected chi connectivity index (χ4v) is 3.47. The lowest BCUT2D eigenvalue weighted by molar-refractivity contribution is -0.132. The number of rotatable bonds is 5. The Hall–Kier alpha value is -2.63. The van der Waals surface area contributed by atoms with Gasteiger partial charge in [-0.15, -0.1) is 0 Å². The Morgan fingerprint density at radius 2 is 1.81 bits per heavy atom. The molecule has 0 aromatic heterocycles. The molecule has 0 spiro atoms. The molecule has 1 heterocycles. The van der Waals surface area contributed by atoms with Crippen molar-refractivity contribution in [3.63, 3.8) is 0 Å². The van der Waals surface area contributed by atoms with E-state index in [-0.39, 0.29) is 17.7 Å². The Balaban J connectivity index is 1.80. The molecule has 27 heavy (non-hydrogen) atoms. The summed E-state index contributed by atoms with van der Waals surface area (Å²) < 4.78 is 5.74. The number of ether oxygens (including phenoxy) is 1. The van der Waals surface area contributed by atoms with Crippen molar-refractivity contribution >= 4 is 23.9 Å². The molecule has 6 heteroatoms. The van der Waals surface area contributed by atoms with Crippen LogP contribution in [0.4, 0.5) is 4.79 Å². The summed E-state index contributed by atoms with van der Waals surface area (Å²) in [6, 6.07) is 6.49. The predicted molar refractivity (Wildman–Crippen MR) is 102 cm³/mol. The molecule has 1 aromatic carbocycles. The summed E-state index contributed by atoms with van der Waals surface area (Å²) in [4.78, 5) is 38.5. The van der Waals surface area contributed by atoms with Crippen molar-refractivity contribution in [1.29, 1.82) is 0 Å². The van der Waals surface area contributed by atoms with E-state index in [2.05, 4.69) is 12.2 Å². The highest BCUT2D eigenvalue weighted by Gasteiger charge is 2.40. The van der Waals surface area contributed by atoms with Gasteiger partial charge < -0.3 is 4.74 Å². The summed E-state index contributed by atoms with van der Waals surface area (Å²) in [7, 11) is 0. The number of hydrogen-bond acceptors (Lipinski definition) is 4. The van der Waals surface area contributed by atoms with E-state index < -0.39 is 17.8 Å². The van der Waals surface area contributed by atoms with Crippen molar-refractivity contribution in [3.05, 3.63) is 35.4 Å². The zero-order chi connectivity index (χ0) is 19.4. The Kier molecular flexibility index (Phi) is 5.94. The second-order valence-electron chi connectivity index (χ2n) is 7.19. The second-order valence-corrected chi connectivity index (χ2v) is 7.19. The summed E-state index contributed by atoms with van der Waals surface area (Å²) in [6.45, 7) is 4.05. The number of amides is 4. The first-order chi connectivity index (χ1) is 13.0. The molecule has 1 saturated heterocycles. The summed E-state index contributed by atoms with van der Waals surface area (Å²) in [5, 5.41) is 2.31. The van der Waals surface area contributed by atoms with Crippen molar-refractivity contribution in [2.75, 3.05) is 0 Å². The minimum absolute atomic E-state index is 0.00392. The fourth-order valence-electron chi connectivity index (χ4n) is 3.47. The minimum atomic E-state index is -0.642. The molecule has 6 nitrogen and oxygen atoms in total. The lowest BCUT2D eigenvalue weighted by Crippen LogP contribution is -2.58. The fraction of sp³-hybridized carbons (Fsp3) is 0.476. The molecule has 144 valence electrons. The summed E-state index contributed by atoms with van der Waals surface area (Å²) in [5.74, 6) is -0.405. The maximum absolute atomic E-state index is 12.9. The number of nitrogens with zero attached hydrogens (tertiary/aromatic N) is 1. The molecule has 0 bridgehead atoms. The van der Waals surface area contributed by atoms with Crippen molar-refractivity contribution < 1.29 is 19.1 Å². The predicted octanol–water partition coefficient (Wildman–Crippen LogP) is 3.66. The smallest absolute Gasteiger partial charge is 0.331 e. The third-order valence-electron chi connectivity index (χ3n) is 5.18. The zero-order valence-corrected chi connectivity index (χ0v) is 15.9. The Labute approximate surface area is 159 Å². The van der Waals surface area contributed by atoms with E-state index in [9.17, 15) is 14.4 Å². The van der Waals surface area contributed by atoms with Crippen LogP contribution in [0.15, 0.2) is 29.8 Å². The van der Waals surface area contributed by atoms with Gasteiger partial charge in [-0.25, -0.2) is 4.79 Å². The summed E-state index contributed by atoms with van der Waals surface area (Å²) >= 11 is 0. The third kappa shape index (κ3) is 4.38. The van der Waals surface area contributed by atoms with Crippen LogP contribution in [0.1, 0.15) is 57.9 Å². The Bertz CT molecular complexity index is 748. The van der Waals surface area contributed by atoms with Crippen LogP contribution in [-0.4, -0.2) is 34.9 Å². The van der Waals surface area contributed by atoms with E-state index in [1.807, 2.05) is 19.1 Å². The third-order valence-corrected chi connectivity index (χ3v) is 5.18. The van der Waals surface area contributed by atoms with E-state index in [1.165, 1.54) is 11.0 Å². The molecular formula is C21H26N2O4. The van der Waals surface area contributed by atoms with Crippen molar-refractivity contribution in [3.8, 4) is 5.75 Å². The van der Waals surface area contributed by atoms with Gasteiger partial charge in [0.15, 0.2) is 0 Å². The molecule has 2 fully saturated rings. The van der Waals surface area contributed by atoms with Crippen LogP contribution < -0.4 is 10.1 Å². The molecule has 1 N–H and O–H groups in total. The Morgan fingerprint density at radius 1 is 1.15 bits per heavy atom.